The predicted molar refractivity (Wildman–Crippen MR) is 31.6 cm³/mol. The van der Waals surface area contributed by atoms with E-state index in [2.05, 4.69) is 0 Å². The van der Waals surface area contributed by atoms with Crippen LogP contribution in [0.1, 0.15) is 0 Å². The second-order valence-electron chi connectivity index (χ2n) is 0.202. The first-order chi connectivity index (χ1) is 3.83. The molecule has 0 atom stereocenters. The minimum atomic E-state index is -0.931. The van der Waals surface area contributed by atoms with Gasteiger partial charge in [-0.05, 0) is 0 Å². The summed E-state index contributed by atoms with van der Waals surface area (Å²) in [7, 11) is 20.8. The molecule has 0 aromatic carbocycles. The summed E-state index contributed by atoms with van der Waals surface area (Å²) in [5, 5.41) is 7.00. The number of hydrogen-bond acceptors (Lipinski definition) is 1. The van der Waals surface area contributed by atoms with Crippen molar-refractivity contribution in [1.82, 2.24) is 0 Å². The fraction of sp³-hybridized carbons (Fsp3) is 1.00. The number of hydrogen-bond donors (Lipinski definition) is 1. The first-order valence-electron chi connectivity index (χ1n) is 1.52. The topological polar surface area (TPSA) is 20.2 Å². The normalized spacial score (nSPS) is 3.25. The van der Waals surface area contributed by atoms with E-state index < -0.39 is 30.3 Å². The number of rotatable bonds is 0. The fourth-order valence-electron chi connectivity index (χ4n) is 0. The van der Waals surface area contributed by atoms with E-state index in [1.54, 1.807) is 0 Å². The van der Waals surface area contributed by atoms with Crippen molar-refractivity contribution >= 4 is 38.8 Å². The van der Waals surface area contributed by atoms with Crippen LogP contribution in [0.4, 0.5) is 0 Å². The molecule has 1 nitrogen and oxygen atoms in total. The summed E-state index contributed by atoms with van der Waals surface area (Å²) in [6.45, 7) is 0. The summed E-state index contributed by atoms with van der Waals surface area (Å²) in [4.78, 5) is 0. The average molecular weight is 305 g/mol. The van der Waals surface area contributed by atoms with Crippen molar-refractivity contribution in [2.75, 3.05) is 7.11 Å². The molecule has 0 saturated heterocycles. The molecule has 46 valence electrons. The molecule has 0 aromatic heterocycles. The SMILES string of the molecule is CO.[Cl][Zn][Cl].[Cl][Zn][Cl]. The van der Waals surface area contributed by atoms with Crippen LogP contribution >= 0.6 is 38.8 Å². The maximum atomic E-state index is 7.00. The van der Waals surface area contributed by atoms with E-state index in [1.165, 1.54) is 0 Å². The molecule has 0 aliphatic heterocycles. The van der Waals surface area contributed by atoms with Crippen molar-refractivity contribution in [2.24, 2.45) is 0 Å². The Morgan fingerprint density at radius 3 is 0.875 bits per heavy atom. The third-order valence-electron chi connectivity index (χ3n) is 0. The van der Waals surface area contributed by atoms with Crippen LogP contribution in [0.15, 0.2) is 0 Å². The van der Waals surface area contributed by atoms with Crippen molar-refractivity contribution in [3.05, 3.63) is 0 Å². The monoisotopic (exact) mass is 300 g/mol. The molecule has 0 rings (SSSR count). The summed E-state index contributed by atoms with van der Waals surface area (Å²) < 4.78 is 0. The van der Waals surface area contributed by atoms with Crippen LogP contribution in [0.2, 0.25) is 0 Å². The Kier molecular flexibility index (Phi) is 72.0. The summed E-state index contributed by atoms with van der Waals surface area (Å²) in [6, 6.07) is 0. The summed E-state index contributed by atoms with van der Waals surface area (Å²) in [5.74, 6) is 0. The number of aliphatic hydroxyl groups is 1. The molecular formula is CH4Cl4OZn2. The Morgan fingerprint density at radius 1 is 0.875 bits per heavy atom. The molecule has 7 heteroatoms. The second-order valence-corrected chi connectivity index (χ2v) is 9.45. The standard InChI is InChI=1S/CH4O.4ClH.2Zn/c1-2;;;;;;/h2H,1H3;4*1H;;/q;;;;;2*+2/p-4. The van der Waals surface area contributed by atoms with Gasteiger partial charge in [0.25, 0.3) is 0 Å². The quantitative estimate of drug-likeness (QED) is 0.681. The molecule has 8 heavy (non-hydrogen) atoms. The van der Waals surface area contributed by atoms with Crippen molar-refractivity contribution in [3.8, 4) is 0 Å². The fourth-order valence-corrected chi connectivity index (χ4v) is 0. The minimum absolute atomic E-state index is 0.931. The van der Waals surface area contributed by atoms with Crippen molar-refractivity contribution < 1.29 is 35.4 Å². The summed E-state index contributed by atoms with van der Waals surface area (Å²) in [6.07, 6.45) is 0. The average Bonchev–Trinajstić information content (AvgIpc) is 1.75. The molecule has 0 fully saturated rings. The van der Waals surface area contributed by atoms with Gasteiger partial charge in [-0.1, -0.05) is 0 Å². The Labute approximate surface area is 80.4 Å². The van der Waals surface area contributed by atoms with Crippen LogP contribution in [-0.4, -0.2) is 12.2 Å². The Morgan fingerprint density at radius 2 is 0.875 bits per heavy atom. The van der Waals surface area contributed by atoms with Gasteiger partial charge in [-0.3, -0.25) is 0 Å². The van der Waals surface area contributed by atoms with E-state index >= 15 is 0 Å². The van der Waals surface area contributed by atoms with Gasteiger partial charge in [0, 0.05) is 7.11 Å². The molecule has 1 N–H and O–H groups in total. The Hall–Kier alpha value is 2.37. The van der Waals surface area contributed by atoms with Crippen molar-refractivity contribution in [1.29, 1.82) is 0 Å². The van der Waals surface area contributed by atoms with Crippen LogP contribution in [0.3, 0.4) is 0 Å². The van der Waals surface area contributed by atoms with Crippen LogP contribution in [0, 0.1) is 0 Å². The van der Waals surface area contributed by atoms with Crippen molar-refractivity contribution in [3.63, 3.8) is 0 Å². The van der Waals surface area contributed by atoms with Gasteiger partial charge in [0.15, 0.2) is 0 Å². The van der Waals surface area contributed by atoms with E-state index in [-0.39, 0.29) is 0 Å². The van der Waals surface area contributed by atoms with Gasteiger partial charge in [0.05, 0.1) is 0 Å². The Balaban J connectivity index is -0.0000000483. The molecule has 0 saturated carbocycles. The third kappa shape index (κ3) is 81.1. The van der Waals surface area contributed by atoms with E-state index in [9.17, 15) is 0 Å². The van der Waals surface area contributed by atoms with E-state index in [4.69, 9.17) is 43.9 Å². The molecule has 0 radical (unpaired) electrons. The van der Waals surface area contributed by atoms with Gasteiger partial charge in [0.1, 0.15) is 0 Å². The molecule has 0 spiro atoms. The first-order valence-corrected chi connectivity index (χ1v) is 17.1. The molecule has 0 aliphatic rings. The second kappa shape index (κ2) is 34.4. The molecular weight excluding hydrogens is 301 g/mol. The molecule has 0 heterocycles. The zero-order valence-electron chi connectivity index (χ0n) is 4.37. The first kappa shape index (κ1) is 16.8. The summed E-state index contributed by atoms with van der Waals surface area (Å²) in [5.41, 5.74) is 0. The molecule has 0 aromatic rings. The van der Waals surface area contributed by atoms with Crippen LogP contribution < -0.4 is 0 Å². The van der Waals surface area contributed by atoms with Gasteiger partial charge < -0.3 is 5.11 Å². The maximum absolute atomic E-state index is 7.00. The van der Waals surface area contributed by atoms with Gasteiger partial charge in [-0.2, -0.15) is 0 Å². The number of halogens is 4. The number of aliphatic hydroxyl groups excluding tert-OH is 1. The van der Waals surface area contributed by atoms with Crippen LogP contribution in [0.5, 0.6) is 0 Å². The van der Waals surface area contributed by atoms with Crippen LogP contribution in [-0.2, 0) is 30.3 Å². The predicted octanol–water partition coefficient (Wildman–Crippen LogP) is 2.36. The molecule has 0 unspecified atom stereocenters. The zero-order valence-corrected chi connectivity index (χ0v) is 13.3. The van der Waals surface area contributed by atoms with E-state index in [0.29, 0.717) is 0 Å². The van der Waals surface area contributed by atoms with E-state index in [0.717, 1.165) is 7.11 Å². The zero-order chi connectivity index (χ0) is 7.41. The van der Waals surface area contributed by atoms with Gasteiger partial charge in [0.2, 0.25) is 0 Å². The van der Waals surface area contributed by atoms with Gasteiger partial charge in [-0.25, -0.2) is 0 Å². The molecule has 0 bridgehead atoms. The van der Waals surface area contributed by atoms with Gasteiger partial charge in [-0.15, -0.1) is 0 Å². The third-order valence-corrected chi connectivity index (χ3v) is 0. The summed E-state index contributed by atoms with van der Waals surface area (Å²) >= 11 is -1.86. The van der Waals surface area contributed by atoms with Gasteiger partial charge >= 0.3 is 69.1 Å². The molecule has 0 amide bonds. The van der Waals surface area contributed by atoms with Crippen LogP contribution in [0.25, 0.3) is 0 Å². The van der Waals surface area contributed by atoms with Crippen molar-refractivity contribution in [2.45, 2.75) is 0 Å². The Bertz CT molecular complexity index is 16.0. The van der Waals surface area contributed by atoms with E-state index in [1.807, 2.05) is 0 Å². The molecule has 0 aliphatic carbocycles.